The molecular weight excluding hydrogens is 226 g/mol. The molecular formula is C14H25N3O. The molecule has 0 spiro atoms. The molecule has 1 amide bonds. The number of unbranched alkanes of at least 4 members (excludes halogenated alkanes) is 1. The van der Waals surface area contributed by atoms with E-state index in [-0.39, 0.29) is 5.91 Å². The standard InChI is InChI=1S/C14H25N3O/c1-17(2)11-7-6-10-16-13(18)14(12-15)8-4-3-5-9-14/h3-11H2,1-2H3,(H,16,18). The highest BCUT2D eigenvalue weighted by Crippen LogP contribution is 2.35. The van der Waals surface area contributed by atoms with Crippen molar-refractivity contribution in [2.75, 3.05) is 27.2 Å². The van der Waals surface area contributed by atoms with E-state index < -0.39 is 5.41 Å². The van der Waals surface area contributed by atoms with Gasteiger partial charge in [0.05, 0.1) is 6.07 Å². The Morgan fingerprint density at radius 3 is 2.50 bits per heavy atom. The SMILES string of the molecule is CN(C)CCCCNC(=O)C1(C#N)CCCCC1. The van der Waals surface area contributed by atoms with Crippen molar-refractivity contribution in [3.63, 3.8) is 0 Å². The minimum absolute atomic E-state index is 0.0467. The minimum atomic E-state index is -0.736. The summed E-state index contributed by atoms with van der Waals surface area (Å²) in [7, 11) is 4.09. The zero-order valence-electron chi connectivity index (χ0n) is 11.7. The minimum Gasteiger partial charge on any atom is -0.355 e. The summed E-state index contributed by atoms with van der Waals surface area (Å²) in [6, 6.07) is 2.26. The van der Waals surface area contributed by atoms with Gasteiger partial charge in [-0.1, -0.05) is 19.3 Å². The maximum Gasteiger partial charge on any atom is 0.240 e. The van der Waals surface area contributed by atoms with E-state index in [1.165, 1.54) is 0 Å². The maximum absolute atomic E-state index is 12.1. The Kier molecular flexibility index (Phi) is 6.14. The van der Waals surface area contributed by atoms with Crippen LogP contribution in [0.15, 0.2) is 0 Å². The predicted octanol–water partition coefficient (Wildman–Crippen LogP) is 1.92. The van der Waals surface area contributed by atoms with Gasteiger partial charge in [-0.25, -0.2) is 0 Å². The Labute approximate surface area is 110 Å². The highest BCUT2D eigenvalue weighted by molar-refractivity contribution is 5.85. The van der Waals surface area contributed by atoms with Crippen molar-refractivity contribution in [2.24, 2.45) is 5.41 Å². The molecule has 18 heavy (non-hydrogen) atoms. The van der Waals surface area contributed by atoms with Crippen molar-refractivity contribution < 1.29 is 4.79 Å². The molecule has 0 heterocycles. The zero-order chi connectivity index (χ0) is 13.4. The van der Waals surface area contributed by atoms with Gasteiger partial charge in [0, 0.05) is 6.54 Å². The average Bonchev–Trinajstić information content (AvgIpc) is 2.38. The van der Waals surface area contributed by atoms with Crippen LogP contribution in [0.4, 0.5) is 0 Å². The fourth-order valence-electron chi connectivity index (χ4n) is 2.47. The first-order valence-corrected chi connectivity index (χ1v) is 6.95. The van der Waals surface area contributed by atoms with Gasteiger partial charge in [0.2, 0.25) is 5.91 Å². The summed E-state index contributed by atoms with van der Waals surface area (Å²) in [6.07, 6.45) is 6.67. The number of rotatable bonds is 6. The number of nitrogens with one attached hydrogen (secondary N) is 1. The Balaban J connectivity index is 2.28. The summed E-state index contributed by atoms with van der Waals surface area (Å²) in [4.78, 5) is 14.2. The van der Waals surface area contributed by atoms with Crippen LogP contribution in [0.2, 0.25) is 0 Å². The molecule has 0 aliphatic heterocycles. The van der Waals surface area contributed by atoms with Crippen LogP contribution < -0.4 is 5.32 Å². The van der Waals surface area contributed by atoms with Gasteiger partial charge < -0.3 is 10.2 Å². The number of carbonyl (C=O) groups is 1. The van der Waals surface area contributed by atoms with E-state index in [9.17, 15) is 10.1 Å². The topological polar surface area (TPSA) is 56.1 Å². The third-order valence-electron chi connectivity index (χ3n) is 3.67. The second kappa shape index (κ2) is 7.38. The molecule has 1 aliphatic carbocycles. The van der Waals surface area contributed by atoms with Gasteiger partial charge in [-0.05, 0) is 46.3 Å². The summed E-state index contributed by atoms with van der Waals surface area (Å²) < 4.78 is 0. The van der Waals surface area contributed by atoms with Crippen molar-refractivity contribution in [1.82, 2.24) is 10.2 Å². The molecule has 1 rings (SSSR count). The van der Waals surface area contributed by atoms with Crippen molar-refractivity contribution in [2.45, 2.75) is 44.9 Å². The normalized spacial score (nSPS) is 18.3. The number of carbonyl (C=O) groups excluding carboxylic acids is 1. The molecule has 1 fully saturated rings. The fraction of sp³-hybridized carbons (Fsp3) is 0.857. The number of nitrogens with zero attached hydrogens (tertiary/aromatic N) is 2. The van der Waals surface area contributed by atoms with Gasteiger partial charge in [0.25, 0.3) is 0 Å². The molecule has 4 heteroatoms. The Morgan fingerprint density at radius 2 is 1.94 bits per heavy atom. The van der Waals surface area contributed by atoms with Crippen molar-refractivity contribution >= 4 is 5.91 Å². The van der Waals surface area contributed by atoms with Crippen LogP contribution in [-0.4, -0.2) is 38.0 Å². The van der Waals surface area contributed by atoms with E-state index in [0.29, 0.717) is 6.54 Å². The van der Waals surface area contributed by atoms with E-state index in [2.05, 4.69) is 16.3 Å². The first-order valence-electron chi connectivity index (χ1n) is 6.95. The Hall–Kier alpha value is -1.08. The van der Waals surface area contributed by atoms with Crippen LogP contribution in [0, 0.1) is 16.7 Å². The summed E-state index contributed by atoms with van der Waals surface area (Å²) in [5.74, 6) is -0.0467. The molecule has 0 radical (unpaired) electrons. The number of amides is 1. The lowest BCUT2D eigenvalue weighted by atomic mass is 9.74. The van der Waals surface area contributed by atoms with Gasteiger partial charge in [0.15, 0.2) is 0 Å². The van der Waals surface area contributed by atoms with Gasteiger partial charge in [0.1, 0.15) is 5.41 Å². The lowest BCUT2D eigenvalue weighted by Crippen LogP contribution is -2.41. The molecule has 0 atom stereocenters. The quantitative estimate of drug-likeness (QED) is 0.734. The first kappa shape index (κ1) is 15.0. The monoisotopic (exact) mass is 251 g/mol. The van der Waals surface area contributed by atoms with Crippen LogP contribution in [0.5, 0.6) is 0 Å². The highest BCUT2D eigenvalue weighted by atomic mass is 16.2. The highest BCUT2D eigenvalue weighted by Gasteiger charge is 2.39. The van der Waals surface area contributed by atoms with Crippen molar-refractivity contribution in [1.29, 1.82) is 5.26 Å². The molecule has 0 aromatic heterocycles. The molecule has 0 bridgehead atoms. The van der Waals surface area contributed by atoms with E-state index in [4.69, 9.17) is 0 Å². The Morgan fingerprint density at radius 1 is 1.28 bits per heavy atom. The van der Waals surface area contributed by atoms with Gasteiger partial charge in [-0.15, -0.1) is 0 Å². The van der Waals surface area contributed by atoms with Crippen molar-refractivity contribution in [3.05, 3.63) is 0 Å². The van der Waals surface area contributed by atoms with Crippen LogP contribution in [0.1, 0.15) is 44.9 Å². The lowest BCUT2D eigenvalue weighted by molar-refractivity contribution is -0.129. The van der Waals surface area contributed by atoms with E-state index in [1.807, 2.05) is 14.1 Å². The number of nitriles is 1. The molecule has 1 aliphatic rings. The first-order chi connectivity index (χ1) is 8.60. The van der Waals surface area contributed by atoms with Crippen LogP contribution >= 0.6 is 0 Å². The molecule has 0 unspecified atom stereocenters. The number of hydrogen-bond acceptors (Lipinski definition) is 3. The summed E-state index contributed by atoms with van der Waals surface area (Å²) in [6.45, 7) is 1.73. The molecule has 1 N–H and O–H groups in total. The third-order valence-corrected chi connectivity index (χ3v) is 3.67. The van der Waals surface area contributed by atoms with Crippen LogP contribution in [0.25, 0.3) is 0 Å². The molecule has 1 saturated carbocycles. The molecule has 0 aromatic rings. The van der Waals surface area contributed by atoms with E-state index in [0.717, 1.165) is 51.5 Å². The van der Waals surface area contributed by atoms with Gasteiger partial charge in [-0.3, -0.25) is 4.79 Å². The van der Waals surface area contributed by atoms with E-state index in [1.54, 1.807) is 0 Å². The summed E-state index contributed by atoms with van der Waals surface area (Å²) in [5, 5.41) is 12.2. The second-order valence-corrected chi connectivity index (χ2v) is 5.52. The molecule has 102 valence electrons. The summed E-state index contributed by atoms with van der Waals surface area (Å²) >= 11 is 0. The maximum atomic E-state index is 12.1. The third kappa shape index (κ3) is 4.30. The van der Waals surface area contributed by atoms with Crippen LogP contribution in [-0.2, 0) is 4.79 Å². The van der Waals surface area contributed by atoms with Gasteiger partial charge in [-0.2, -0.15) is 5.26 Å². The molecule has 4 nitrogen and oxygen atoms in total. The smallest absolute Gasteiger partial charge is 0.240 e. The second-order valence-electron chi connectivity index (χ2n) is 5.52. The molecule has 0 aromatic carbocycles. The predicted molar refractivity (Wildman–Crippen MR) is 71.9 cm³/mol. The lowest BCUT2D eigenvalue weighted by Gasteiger charge is -2.29. The number of hydrogen-bond donors (Lipinski definition) is 1. The fourth-order valence-corrected chi connectivity index (χ4v) is 2.47. The van der Waals surface area contributed by atoms with E-state index >= 15 is 0 Å². The average molecular weight is 251 g/mol. The summed E-state index contributed by atoms with van der Waals surface area (Å²) in [5.41, 5.74) is -0.736. The van der Waals surface area contributed by atoms with Crippen LogP contribution in [0.3, 0.4) is 0 Å². The zero-order valence-corrected chi connectivity index (χ0v) is 11.7. The molecule has 0 saturated heterocycles. The van der Waals surface area contributed by atoms with Gasteiger partial charge >= 0.3 is 0 Å². The van der Waals surface area contributed by atoms with Crippen molar-refractivity contribution in [3.8, 4) is 6.07 Å². The Bertz CT molecular complexity index is 301. The largest absolute Gasteiger partial charge is 0.355 e.